The van der Waals surface area contributed by atoms with Crippen molar-refractivity contribution in [3.8, 4) is 0 Å². The molecule has 0 spiro atoms. The predicted octanol–water partition coefficient (Wildman–Crippen LogP) is 3.40. The Bertz CT molecular complexity index is 334. The molecule has 70 valence electrons. The lowest BCUT2D eigenvalue weighted by Crippen LogP contribution is -1.96. The number of benzene rings is 1. The van der Waals surface area contributed by atoms with E-state index >= 15 is 0 Å². The molecule has 0 saturated heterocycles. The van der Waals surface area contributed by atoms with E-state index < -0.39 is 17.5 Å². The Balaban J connectivity index is 3.03. The third kappa shape index (κ3) is 2.25. The van der Waals surface area contributed by atoms with Crippen LogP contribution in [0.5, 0.6) is 0 Å². The second-order valence-corrected chi connectivity index (χ2v) is 2.65. The molecule has 0 aliphatic rings. The highest BCUT2D eigenvalue weighted by molar-refractivity contribution is 6.25. The predicted molar refractivity (Wildman–Crippen MR) is 45.0 cm³/mol. The second kappa shape index (κ2) is 4.33. The highest BCUT2D eigenvalue weighted by Gasteiger charge is 2.11. The van der Waals surface area contributed by atoms with Crippen LogP contribution in [0.3, 0.4) is 0 Å². The molecule has 0 radical (unpaired) electrons. The lowest BCUT2D eigenvalue weighted by atomic mass is 10.1. The first-order valence-electron chi connectivity index (χ1n) is 3.54. The molecule has 0 saturated carbocycles. The van der Waals surface area contributed by atoms with Crippen molar-refractivity contribution in [1.29, 1.82) is 0 Å². The quantitative estimate of drug-likeness (QED) is 0.651. The van der Waals surface area contributed by atoms with Gasteiger partial charge < -0.3 is 0 Å². The van der Waals surface area contributed by atoms with Crippen LogP contribution in [0.15, 0.2) is 23.7 Å². The molecule has 0 amide bonds. The molecule has 0 heterocycles. The van der Waals surface area contributed by atoms with Gasteiger partial charge in [0.15, 0.2) is 17.5 Å². The van der Waals surface area contributed by atoms with Gasteiger partial charge in [-0.3, -0.25) is 0 Å². The maximum absolute atomic E-state index is 12.9. The topological polar surface area (TPSA) is 0 Å². The molecule has 0 fully saturated rings. The molecular formula is C9H6ClF3. The molecule has 0 aromatic heterocycles. The Morgan fingerprint density at radius 3 is 2.46 bits per heavy atom. The zero-order valence-corrected chi connectivity index (χ0v) is 7.28. The highest BCUT2D eigenvalue weighted by atomic mass is 35.5. The average Bonchev–Trinajstić information content (AvgIpc) is 2.13. The standard InChI is InChI=1S/C9H6ClF3/c10-5-1-2-6-3-4-7(11)9(13)8(6)12/h1,3-5H,2H2/b5-1+. The molecule has 0 nitrogen and oxygen atoms in total. The average molecular weight is 207 g/mol. The number of rotatable bonds is 2. The molecule has 4 heteroatoms. The molecule has 13 heavy (non-hydrogen) atoms. The van der Waals surface area contributed by atoms with Crippen molar-refractivity contribution in [3.05, 3.63) is 46.8 Å². The second-order valence-electron chi connectivity index (χ2n) is 2.40. The van der Waals surface area contributed by atoms with Crippen LogP contribution in [-0.2, 0) is 6.42 Å². The van der Waals surface area contributed by atoms with Gasteiger partial charge in [-0.15, -0.1) is 0 Å². The number of hydrogen-bond acceptors (Lipinski definition) is 0. The summed E-state index contributed by atoms with van der Waals surface area (Å²) in [7, 11) is 0. The Labute approximate surface area is 78.6 Å². The van der Waals surface area contributed by atoms with Gasteiger partial charge >= 0.3 is 0 Å². The molecule has 1 aromatic rings. The summed E-state index contributed by atoms with van der Waals surface area (Å²) in [6.07, 6.45) is 1.59. The zero-order chi connectivity index (χ0) is 9.84. The summed E-state index contributed by atoms with van der Waals surface area (Å²) in [5.74, 6) is -3.79. The lowest BCUT2D eigenvalue weighted by Gasteiger charge is -2.00. The van der Waals surface area contributed by atoms with Crippen molar-refractivity contribution < 1.29 is 13.2 Å². The summed E-state index contributed by atoms with van der Waals surface area (Å²) in [6, 6.07) is 2.07. The van der Waals surface area contributed by atoms with Gasteiger partial charge in [-0.1, -0.05) is 23.7 Å². The molecule has 1 aromatic carbocycles. The van der Waals surface area contributed by atoms with Gasteiger partial charge in [0.2, 0.25) is 0 Å². The van der Waals surface area contributed by atoms with Crippen LogP contribution in [0, 0.1) is 17.5 Å². The SMILES string of the molecule is Fc1ccc(C/C=C/Cl)c(F)c1F. The maximum atomic E-state index is 12.9. The van der Waals surface area contributed by atoms with E-state index in [1.807, 2.05) is 0 Å². The molecule has 0 unspecified atom stereocenters. The number of hydrogen-bond donors (Lipinski definition) is 0. The Kier molecular flexibility index (Phi) is 3.37. The summed E-state index contributed by atoms with van der Waals surface area (Å²) >= 11 is 5.20. The fourth-order valence-electron chi connectivity index (χ4n) is 0.895. The minimum absolute atomic E-state index is 0.0794. The first kappa shape index (κ1) is 10.1. The van der Waals surface area contributed by atoms with E-state index in [0.29, 0.717) is 0 Å². The van der Waals surface area contributed by atoms with Gasteiger partial charge in [-0.2, -0.15) is 0 Å². The van der Waals surface area contributed by atoms with Crippen LogP contribution in [0.2, 0.25) is 0 Å². The van der Waals surface area contributed by atoms with Crippen LogP contribution in [0.25, 0.3) is 0 Å². The monoisotopic (exact) mass is 206 g/mol. The molecule has 0 atom stereocenters. The van der Waals surface area contributed by atoms with E-state index in [4.69, 9.17) is 11.6 Å². The fourth-order valence-corrected chi connectivity index (χ4v) is 0.984. The van der Waals surface area contributed by atoms with E-state index in [-0.39, 0.29) is 12.0 Å². The first-order chi connectivity index (χ1) is 6.16. The Morgan fingerprint density at radius 1 is 1.15 bits per heavy atom. The highest BCUT2D eigenvalue weighted by Crippen LogP contribution is 2.15. The van der Waals surface area contributed by atoms with Crippen molar-refractivity contribution in [1.82, 2.24) is 0 Å². The molecule has 0 bridgehead atoms. The molecule has 0 N–H and O–H groups in total. The van der Waals surface area contributed by atoms with E-state index in [1.165, 1.54) is 17.7 Å². The summed E-state index contributed by atoms with van der Waals surface area (Å²) < 4.78 is 37.9. The summed E-state index contributed by atoms with van der Waals surface area (Å²) in [5.41, 5.74) is 1.27. The Hall–Kier alpha value is -0.960. The summed E-state index contributed by atoms with van der Waals surface area (Å²) in [5, 5.41) is 0. The first-order valence-corrected chi connectivity index (χ1v) is 3.98. The van der Waals surface area contributed by atoms with Crippen LogP contribution < -0.4 is 0 Å². The minimum Gasteiger partial charge on any atom is -0.204 e. The maximum Gasteiger partial charge on any atom is 0.194 e. The van der Waals surface area contributed by atoms with Crippen LogP contribution in [0.4, 0.5) is 13.2 Å². The van der Waals surface area contributed by atoms with Crippen LogP contribution >= 0.6 is 11.6 Å². The molecule has 0 aliphatic heterocycles. The normalized spacial score (nSPS) is 11.1. The zero-order valence-electron chi connectivity index (χ0n) is 6.53. The summed E-state index contributed by atoms with van der Waals surface area (Å²) in [4.78, 5) is 0. The van der Waals surface area contributed by atoms with Gasteiger partial charge in [-0.25, -0.2) is 13.2 Å². The summed E-state index contributed by atoms with van der Waals surface area (Å²) in [6.45, 7) is 0. The molecule has 0 aliphatic carbocycles. The van der Waals surface area contributed by atoms with Crippen molar-refractivity contribution in [2.75, 3.05) is 0 Å². The van der Waals surface area contributed by atoms with Crippen molar-refractivity contribution in [2.45, 2.75) is 6.42 Å². The number of allylic oxidation sites excluding steroid dienone is 1. The van der Waals surface area contributed by atoms with E-state index in [9.17, 15) is 13.2 Å². The van der Waals surface area contributed by atoms with E-state index in [0.717, 1.165) is 6.07 Å². The number of halogens is 4. The lowest BCUT2D eigenvalue weighted by molar-refractivity contribution is 0.442. The van der Waals surface area contributed by atoms with Crippen molar-refractivity contribution in [3.63, 3.8) is 0 Å². The Morgan fingerprint density at radius 2 is 1.85 bits per heavy atom. The van der Waals surface area contributed by atoms with Crippen molar-refractivity contribution >= 4 is 11.6 Å². The molecular weight excluding hydrogens is 201 g/mol. The minimum atomic E-state index is -1.44. The van der Waals surface area contributed by atoms with Crippen LogP contribution in [0.1, 0.15) is 5.56 Å². The van der Waals surface area contributed by atoms with Gasteiger partial charge in [0, 0.05) is 5.54 Å². The third-order valence-corrected chi connectivity index (χ3v) is 1.72. The van der Waals surface area contributed by atoms with Gasteiger partial charge in [-0.05, 0) is 18.1 Å². The van der Waals surface area contributed by atoms with Crippen molar-refractivity contribution in [2.24, 2.45) is 0 Å². The van der Waals surface area contributed by atoms with Gasteiger partial charge in [0.1, 0.15) is 0 Å². The molecule has 1 rings (SSSR count). The fraction of sp³-hybridized carbons (Fsp3) is 0.111. The van der Waals surface area contributed by atoms with Gasteiger partial charge in [0.05, 0.1) is 0 Å². The van der Waals surface area contributed by atoms with E-state index in [1.54, 1.807) is 0 Å². The third-order valence-electron chi connectivity index (χ3n) is 1.54. The van der Waals surface area contributed by atoms with Gasteiger partial charge in [0.25, 0.3) is 0 Å². The smallest absolute Gasteiger partial charge is 0.194 e. The van der Waals surface area contributed by atoms with Crippen LogP contribution in [-0.4, -0.2) is 0 Å². The largest absolute Gasteiger partial charge is 0.204 e. The van der Waals surface area contributed by atoms with E-state index in [2.05, 4.69) is 0 Å².